The third kappa shape index (κ3) is 4.31. The normalized spacial score (nSPS) is 13.0. The van der Waals surface area contributed by atoms with E-state index < -0.39 is 0 Å². The molecule has 1 aromatic rings. The molecule has 0 aromatic heterocycles. The van der Waals surface area contributed by atoms with Crippen LogP contribution in [0.2, 0.25) is 0 Å². The first-order valence-corrected chi connectivity index (χ1v) is 7.87. The van der Waals surface area contributed by atoms with E-state index in [-0.39, 0.29) is 30.1 Å². The molecule has 6 nitrogen and oxygen atoms in total. The van der Waals surface area contributed by atoms with Crippen LogP contribution in [0.25, 0.3) is 0 Å². The minimum atomic E-state index is -0.148. The molecule has 1 aromatic carbocycles. The van der Waals surface area contributed by atoms with Gasteiger partial charge in [-0.2, -0.15) is 0 Å². The summed E-state index contributed by atoms with van der Waals surface area (Å²) < 4.78 is 0. The van der Waals surface area contributed by atoms with Crippen LogP contribution in [0.5, 0.6) is 0 Å². The molecule has 1 aliphatic rings. The Hall–Kier alpha value is -2.37. The van der Waals surface area contributed by atoms with Crippen LogP contribution >= 0.6 is 0 Å². The monoisotopic (exact) mass is 317 g/mol. The second-order valence-corrected chi connectivity index (χ2v) is 6.02. The van der Waals surface area contributed by atoms with Crippen LogP contribution in [0.4, 0.5) is 11.4 Å². The fourth-order valence-corrected chi connectivity index (χ4v) is 2.60. The predicted molar refractivity (Wildman–Crippen MR) is 89.3 cm³/mol. The van der Waals surface area contributed by atoms with Crippen molar-refractivity contribution in [1.82, 2.24) is 5.32 Å². The van der Waals surface area contributed by atoms with Gasteiger partial charge in [0.15, 0.2) is 0 Å². The van der Waals surface area contributed by atoms with Crippen molar-refractivity contribution in [2.75, 3.05) is 23.3 Å². The molecule has 0 saturated heterocycles. The van der Waals surface area contributed by atoms with E-state index in [9.17, 15) is 14.4 Å². The highest BCUT2D eigenvalue weighted by molar-refractivity contribution is 5.97. The zero-order valence-corrected chi connectivity index (χ0v) is 13.8. The predicted octanol–water partition coefficient (Wildman–Crippen LogP) is 1.70. The Labute approximate surface area is 136 Å². The van der Waals surface area contributed by atoms with Gasteiger partial charge >= 0.3 is 0 Å². The largest absolute Gasteiger partial charge is 0.356 e. The number of benzene rings is 1. The second-order valence-electron chi connectivity index (χ2n) is 6.02. The molecular weight excluding hydrogens is 294 g/mol. The molecule has 0 aliphatic carbocycles. The standard InChI is InChI=1S/C17H23N3O3/c1-11(2)17(23)20-9-7-13-10-14(4-5-15(13)20)19-16(22)6-8-18-12(3)21/h4-5,10-11H,6-9H2,1-3H3,(H,18,21)(H,19,22). The molecule has 124 valence electrons. The summed E-state index contributed by atoms with van der Waals surface area (Å²) in [6.07, 6.45) is 1.03. The number of carbonyl (C=O) groups is 3. The molecule has 0 unspecified atom stereocenters. The molecule has 0 fully saturated rings. The molecule has 0 bridgehead atoms. The van der Waals surface area contributed by atoms with E-state index in [0.717, 1.165) is 23.4 Å². The lowest BCUT2D eigenvalue weighted by Gasteiger charge is -2.19. The zero-order chi connectivity index (χ0) is 17.0. The lowest BCUT2D eigenvalue weighted by Crippen LogP contribution is -2.32. The van der Waals surface area contributed by atoms with E-state index in [2.05, 4.69) is 10.6 Å². The molecule has 1 heterocycles. The van der Waals surface area contributed by atoms with Gasteiger partial charge in [-0.25, -0.2) is 0 Å². The topological polar surface area (TPSA) is 78.5 Å². The number of amides is 3. The van der Waals surface area contributed by atoms with Crippen molar-refractivity contribution >= 4 is 29.1 Å². The lowest BCUT2D eigenvalue weighted by atomic mass is 10.1. The number of rotatable bonds is 5. The third-order valence-electron chi connectivity index (χ3n) is 3.74. The smallest absolute Gasteiger partial charge is 0.229 e. The summed E-state index contributed by atoms with van der Waals surface area (Å²) >= 11 is 0. The summed E-state index contributed by atoms with van der Waals surface area (Å²) in [5.41, 5.74) is 2.72. The maximum absolute atomic E-state index is 12.2. The fourth-order valence-electron chi connectivity index (χ4n) is 2.60. The lowest BCUT2D eigenvalue weighted by molar-refractivity contribution is -0.121. The van der Waals surface area contributed by atoms with E-state index >= 15 is 0 Å². The average Bonchev–Trinajstić information content (AvgIpc) is 2.88. The molecular formula is C17H23N3O3. The van der Waals surface area contributed by atoms with E-state index in [0.29, 0.717) is 13.1 Å². The minimum Gasteiger partial charge on any atom is -0.356 e. The Morgan fingerprint density at radius 1 is 1.26 bits per heavy atom. The quantitative estimate of drug-likeness (QED) is 0.867. The molecule has 3 amide bonds. The van der Waals surface area contributed by atoms with Crippen molar-refractivity contribution in [2.24, 2.45) is 5.92 Å². The van der Waals surface area contributed by atoms with Gasteiger partial charge < -0.3 is 15.5 Å². The van der Waals surface area contributed by atoms with E-state index in [4.69, 9.17) is 0 Å². The van der Waals surface area contributed by atoms with Crippen LogP contribution in [0.1, 0.15) is 32.8 Å². The van der Waals surface area contributed by atoms with Gasteiger partial charge in [-0.3, -0.25) is 14.4 Å². The van der Waals surface area contributed by atoms with Gasteiger partial charge in [-0.1, -0.05) is 13.8 Å². The average molecular weight is 317 g/mol. The van der Waals surface area contributed by atoms with Crippen LogP contribution in [-0.4, -0.2) is 30.8 Å². The van der Waals surface area contributed by atoms with Crippen LogP contribution in [0, 0.1) is 5.92 Å². The Kier molecular flexibility index (Phi) is 5.36. The Balaban J connectivity index is 1.98. The van der Waals surface area contributed by atoms with Crippen molar-refractivity contribution < 1.29 is 14.4 Å². The van der Waals surface area contributed by atoms with Gasteiger partial charge in [0.1, 0.15) is 0 Å². The molecule has 0 saturated carbocycles. The summed E-state index contributed by atoms with van der Waals surface area (Å²) in [4.78, 5) is 36.6. The Morgan fingerprint density at radius 3 is 2.65 bits per heavy atom. The fraction of sp³-hybridized carbons (Fsp3) is 0.471. The summed E-state index contributed by atoms with van der Waals surface area (Å²) in [5.74, 6) is -0.206. The first-order valence-electron chi connectivity index (χ1n) is 7.87. The number of fused-ring (bicyclic) bond motifs is 1. The van der Waals surface area contributed by atoms with Crippen molar-refractivity contribution in [1.29, 1.82) is 0 Å². The maximum Gasteiger partial charge on any atom is 0.229 e. The highest BCUT2D eigenvalue weighted by Crippen LogP contribution is 2.31. The number of hydrogen-bond donors (Lipinski definition) is 2. The molecule has 1 aliphatic heterocycles. The summed E-state index contributed by atoms with van der Waals surface area (Å²) in [6.45, 7) is 6.21. The van der Waals surface area contributed by atoms with Gasteiger partial charge in [0.2, 0.25) is 17.7 Å². The van der Waals surface area contributed by atoms with Gasteiger partial charge in [-0.05, 0) is 30.2 Å². The van der Waals surface area contributed by atoms with Gasteiger partial charge in [-0.15, -0.1) is 0 Å². The highest BCUT2D eigenvalue weighted by atomic mass is 16.2. The molecule has 2 rings (SSSR count). The number of carbonyl (C=O) groups excluding carboxylic acids is 3. The molecule has 2 N–H and O–H groups in total. The van der Waals surface area contributed by atoms with Crippen molar-refractivity contribution in [3.63, 3.8) is 0 Å². The van der Waals surface area contributed by atoms with Crippen molar-refractivity contribution in [2.45, 2.75) is 33.6 Å². The van der Waals surface area contributed by atoms with E-state index in [1.54, 1.807) is 6.07 Å². The zero-order valence-electron chi connectivity index (χ0n) is 13.8. The minimum absolute atomic E-state index is 0.0332. The SMILES string of the molecule is CC(=O)NCCC(=O)Nc1ccc2c(c1)CCN2C(=O)C(C)C. The number of hydrogen-bond acceptors (Lipinski definition) is 3. The van der Waals surface area contributed by atoms with E-state index in [1.807, 2.05) is 30.9 Å². The van der Waals surface area contributed by atoms with Crippen LogP contribution in [0.15, 0.2) is 18.2 Å². The number of anilines is 2. The van der Waals surface area contributed by atoms with Gasteiger partial charge in [0, 0.05) is 43.7 Å². The molecule has 0 atom stereocenters. The van der Waals surface area contributed by atoms with Crippen molar-refractivity contribution in [3.05, 3.63) is 23.8 Å². The van der Waals surface area contributed by atoms with Gasteiger partial charge in [0.05, 0.1) is 0 Å². The summed E-state index contributed by atoms with van der Waals surface area (Å²) in [5, 5.41) is 5.41. The molecule has 6 heteroatoms. The summed E-state index contributed by atoms with van der Waals surface area (Å²) in [6, 6.07) is 5.60. The molecule has 0 radical (unpaired) electrons. The highest BCUT2D eigenvalue weighted by Gasteiger charge is 2.26. The number of nitrogens with zero attached hydrogens (tertiary/aromatic N) is 1. The molecule has 23 heavy (non-hydrogen) atoms. The van der Waals surface area contributed by atoms with Crippen molar-refractivity contribution in [3.8, 4) is 0 Å². The van der Waals surface area contributed by atoms with Gasteiger partial charge in [0.25, 0.3) is 0 Å². The Morgan fingerprint density at radius 2 is 2.00 bits per heavy atom. The van der Waals surface area contributed by atoms with E-state index in [1.165, 1.54) is 6.92 Å². The second kappa shape index (κ2) is 7.26. The first-order chi connectivity index (χ1) is 10.9. The first kappa shape index (κ1) is 17.0. The van der Waals surface area contributed by atoms with Crippen LogP contribution in [-0.2, 0) is 20.8 Å². The Bertz CT molecular complexity index is 626. The summed E-state index contributed by atoms with van der Waals surface area (Å²) in [7, 11) is 0. The van der Waals surface area contributed by atoms with Crippen LogP contribution < -0.4 is 15.5 Å². The third-order valence-corrected chi connectivity index (χ3v) is 3.74. The van der Waals surface area contributed by atoms with Crippen LogP contribution in [0.3, 0.4) is 0 Å². The maximum atomic E-state index is 12.2. The number of nitrogens with one attached hydrogen (secondary N) is 2. The molecule has 0 spiro atoms.